The third-order valence-corrected chi connectivity index (χ3v) is 16.3. The van der Waals surface area contributed by atoms with E-state index in [1.165, 1.54) is 0 Å². The molecule has 4 saturated heterocycles. The van der Waals surface area contributed by atoms with Gasteiger partial charge >= 0.3 is 5.97 Å². The molecule has 13 heteroatoms. The van der Waals surface area contributed by atoms with Crippen LogP contribution in [0.5, 0.6) is 0 Å². The molecule has 1 aromatic heterocycles. The van der Waals surface area contributed by atoms with Crippen LogP contribution in [0, 0.1) is 35.5 Å². The zero-order valence-corrected chi connectivity index (χ0v) is 38.8. The topological polar surface area (TPSA) is 127 Å². The Morgan fingerprint density at radius 3 is 2.35 bits per heavy atom. The van der Waals surface area contributed by atoms with E-state index in [4.69, 9.17) is 42.9 Å². The SMILES string of the molecule is CC[C@H]1CCC[C@H](O[C@H]2CC[C@H](N(C)C)C(C)O2)[C@@H](C)C(=O)C2=C[C@H]3[C@@H]4C[C@H](O[C@@H]5OC(C)[C@H](OC)C(OC)[C@@H]5OC)C[C@H]4[C@H]4[C@@H]([C@H]3[C@@H]2CC(=O)O1)N4c1cnc2ccccc2c1. The molecule has 0 amide bonds. The molecule has 1 aromatic carbocycles. The number of carbonyl (C=O) groups excluding carboxylic acids is 2. The van der Waals surface area contributed by atoms with E-state index in [2.05, 4.69) is 62.0 Å². The van der Waals surface area contributed by atoms with Gasteiger partial charge in [0.1, 0.15) is 24.4 Å². The Morgan fingerprint density at radius 2 is 1.62 bits per heavy atom. The maximum atomic E-state index is 15.3. The zero-order chi connectivity index (χ0) is 44.3. The second-order valence-corrected chi connectivity index (χ2v) is 19.9. The van der Waals surface area contributed by atoms with Gasteiger partial charge in [-0.3, -0.25) is 14.6 Å². The van der Waals surface area contributed by atoms with Crippen molar-refractivity contribution in [3.8, 4) is 0 Å². The summed E-state index contributed by atoms with van der Waals surface area (Å²) < 4.78 is 50.8. The third-order valence-electron chi connectivity index (χ3n) is 16.3. The number of aromatic nitrogens is 1. The van der Waals surface area contributed by atoms with Gasteiger partial charge in [-0.2, -0.15) is 0 Å². The van der Waals surface area contributed by atoms with Crippen LogP contribution in [0.4, 0.5) is 5.69 Å². The number of allylic oxidation sites excluding steroid dienone is 2. The fourth-order valence-electron chi connectivity index (χ4n) is 13.2. The molecule has 346 valence electrons. The van der Waals surface area contributed by atoms with Crippen LogP contribution in [0.25, 0.3) is 10.9 Å². The fraction of sp³-hybridized carbons (Fsp3) is 0.740. The summed E-state index contributed by atoms with van der Waals surface area (Å²) in [6.45, 7) is 8.23. The quantitative estimate of drug-likeness (QED) is 0.185. The van der Waals surface area contributed by atoms with Crippen molar-refractivity contribution in [3.63, 3.8) is 0 Å². The number of ether oxygens (including phenoxy) is 8. The number of anilines is 1. The molecule has 0 radical (unpaired) electrons. The van der Waals surface area contributed by atoms with Gasteiger partial charge in [-0.1, -0.05) is 38.1 Å². The second-order valence-electron chi connectivity index (χ2n) is 19.9. The summed E-state index contributed by atoms with van der Waals surface area (Å²) in [5.74, 6) is -0.222. The molecule has 3 unspecified atom stereocenters. The lowest BCUT2D eigenvalue weighted by Crippen LogP contribution is -2.59. The molecule has 3 aliphatic carbocycles. The number of ketones is 1. The summed E-state index contributed by atoms with van der Waals surface area (Å²) in [5.41, 5.74) is 2.80. The van der Waals surface area contributed by atoms with Gasteiger partial charge in [0.25, 0.3) is 0 Å². The minimum atomic E-state index is -0.638. The van der Waals surface area contributed by atoms with Gasteiger partial charge < -0.3 is 47.7 Å². The van der Waals surface area contributed by atoms with E-state index in [0.29, 0.717) is 12.5 Å². The lowest BCUT2D eigenvalue weighted by atomic mass is 9.66. The van der Waals surface area contributed by atoms with E-state index in [-0.39, 0.29) is 109 Å². The van der Waals surface area contributed by atoms with Crippen LogP contribution in [-0.2, 0) is 47.5 Å². The lowest BCUT2D eigenvalue weighted by Gasteiger charge is -2.44. The second kappa shape index (κ2) is 18.7. The molecule has 13 nitrogen and oxygen atoms in total. The number of hydrogen-bond acceptors (Lipinski definition) is 13. The standard InChI is InChI=1S/C50H71N3O10/c1-10-31-15-13-17-40(63-42-19-18-39(52(5)6)27(3)59-42)26(2)46(55)37-23-34-33-21-32(62-50-49(58-9)48(57-8)47(56-7)28(4)60-50)22-36(33)44-45(43(34)35(37)24-41(54)61-31)53(44)30-20-29-14-11-12-16-38(29)51-25-30/h11-12,14,16,20,23,25-28,31-36,39-40,42-45,47-50H,10,13,15,17-19,21-22,24H2,1-9H3/t26-,27?,28?,31+,32+,33+,34+,35-,36-,39+,40+,42+,43-,44+,45-,47+,48?,49+,50+,53?/m1/s1. The predicted molar refractivity (Wildman–Crippen MR) is 237 cm³/mol. The Balaban J connectivity index is 1.04. The average Bonchev–Trinajstić information content (AvgIpc) is 3.68. The fourth-order valence-corrected chi connectivity index (χ4v) is 13.2. The molecule has 0 N–H and O–H groups in total. The molecule has 2 saturated carbocycles. The molecular formula is C50H71N3O10. The number of nitrogens with zero attached hydrogens (tertiary/aromatic N) is 3. The van der Waals surface area contributed by atoms with Crippen LogP contribution in [0.2, 0.25) is 0 Å². The number of benzene rings is 1. The van der Waals surface area contributed by atoms with Gasteiger partial charge in [0.2, 0.25) is 0 Å². The van der Waals surface area contributed by atoms with Crippen molar-refractivity contribution in [1.82, 2.24) is 9.88 Å². The van der Waals surface area contributed by atoms with E-state index in [1.807, 2.05) is 32.2 Å². The number of esters is 1. The van der Waals surface area contributed by atoms with Crippen molar-refractivity contribution < 1.29 is 47.5 Å². The van der Waals surface area contributed by atoms with Crippen molar-refractivity contribution in [2.45, 2.75) is 165 Å². The molecule has 6 fully saturated rings. The van der Waals surface area contributed by atoms with E-state index in [1.54, 1.807) is 21.3 Å². The van der Waals surface area contributed by atoms with Crippen molar-refractivity contribution in [3.05, 3.63) is 48.2 Å². The van der Waals surface area contributed by atoms with Crippen LogP contribution in [0.3, 0.4) is 0 Å². The number of hydrogen-bond donors (Lipinski definition) is 0. The van der Waals surface area contributed by atoms with E-state index in [9.17, 15) is 4.79 Å². The smallest absolute Gasteiger partial charge is 0.306 e. The Labute approximate surface area is 373 Å². The number of methoxy groups -OCH3 is 3. The maximum absolute atomic E-state index is 15.3. The highest BCUT2D eigenvalue weighted by Gasteiger charge is 2.69. The zero-order valence-electron chi connectivity index (χ0n) is 38.8. The first-order valence-electron chi connectivity index (χ1n) is 23.9. The minimum absolute atomic E-state index is 0.0153. The highest BCUT2D eigenvalue weighted by Crippen LogP contribution is 2.65. The van der Waals surface area contributed by atoms with Crippen molar-refractivity contribution in [1.29, 1.82) is 0 Å². The molecule has 0 spiro atoms. The largest absolute Gasteiger partial charge is 0.462 e. The number of rotatable bonds is 10. The van der Waals surface area contributed by atoms with E-state index < -0.39 is 18.3 Å². The molecule has 63 heavy (non-hydrogen) atoms. The number of fused-ring (bicyclic) bond motifs is 9. The van der Waals surface area contributed by atoms with Crippen LogP contribution in [0.15, 0.2) is 48.2 Å². The van der Waals surface area contributed by atoms with Crippen molar-refractivity contribution in [2.75, 3.05) is 40.3 Å². The third kappa shape index (κ3) is 8.52. The van der Waals surface area contributed by atoms with Gasteiger partial charge in [0, 0.05) is 44.6 Å². The Hall–Kier alpha value is -3.01. The summed E-state index contributed by atoms with van der Waals surface area (Å²) >= 11 is 0. The van der Waals surface area contributed by atoms with Crippen LogP contribution in [0.1, 0.15) is 85.5 Å². The number of para-hydroxylation sites is 1. The Kier molecular flexibility index (Phi) is 13.4. The van der Waals surface area contributed by atoms with Crippen molar-refractivity contribution >= 4 is 28.3 Å². The summed E-state index contributed by atoms with van der Waals surface area (Å²) in [4.78, 5) is 39.1. The van der Waals surface area contributed by atoms with Crippen LogP contribution >= 0.6 is 0 Å². The summed E-state index contributed by atoms with van der Waals surface area (Å²) in [5, 5.41) is 1.09. The average molecular weight is 874 g/mol. The molecule has 9 rings (SSSR count). The first-order chi connectivity index (χ1) is 30.4. The van der Waals surface area contributed by atoms with Crippen LogP contribution < -0.4 is 4.90 Å². The molecule has 19 atom stereocenters. The monoisotopic (exact) mass is 874 g/mol. The number of carbonyl (C=O) groups is 2. The Bertz CT molecular complexity index is 1980. The van der Waals surface area contributed by atoms with Gasteiger partial charge in [0.05, 0.1) is 60.3 Å². The Morgan fingerprint density at radius 1 is 0.857 bits per heavy atom. The molecule has 2 aromatic rings. The highest BCUT2D eigenvalue weighted by atomic mass is 16.7. The molecule has 0 bridgehead atoms. The van der Waals surface area contributed by atoms with Gasteiger partial charge in [-0.25, -0.2) is 0 Å². The predicted octanol–water partition coefficient (Wildman–Crippen LogP) is 6.74. The number of Topliss-reactive ketones (excluding diaryl/α,β-unsaturated/α-hetero) is 1. The van der Waals surface area contributed by atoms with Crippen LogP contribution in [-0.4, -0.2) is 137 Å². The highest BCUT2D eigenvalue weighted by molar-refractivity contribution is 5.99. The summed E-state index contributed by atoms with van der Waals surface area (Å²) in [6.07, 6.45) is 7.77. The van der Waals surface area contributed by atoms with E-state index in [0.717, 1.165) is 67.1 Å². The normalized spacial score (nSPS) is 43.0. The molecular weight excluding hydrogens is 803 g/mol. The van der Waals surface area contributed by atoms with Gasteiger partial charge in [-0.15, -0.1) is 0 Å². The number of likely N-dealkylation sites (N-methyl/N-ethyl adjacent to an activating group) is 1. The minimum Gasteiger partial charge on any atom is -0.462 e. The van der Waals surface area contributed by atoms with Gasteiger partial charge in [-0.05, 0) is 121 Å². The number of cyclic esters (lactones) is 1. The molecule has 4 aliphatic heterocycles. The summed E-state index contributed by atoms with van der Waals surface area (Å²) in [7, 11) is 9.20. The van der Waals surface area contributed by atoms with Crippen molar-refractivity contribution in [2.24, 2.45) is 35.5 Å². The number of pyridine rings is 1. The lowest BCUT2D eigenvalue weighted by molar-refractivity contribution is -0.314. The molecule has 5 heterocycles. The van der Waals surface area contributed by atoms with Gasteiger partial charge in [0.15, 0.2) is 18.4 Å². The maximum Gasteiger partial charge on any atom is 0.306 e. The first-order valence-corrected chi connectivity index (χ1v) is 23.9. The summed E-state index contributed by atoms with van der Waals surface area (Å²) in [6, 6.07) is 11.1. The molecule has 7 aliphatic rings. The first kappa shape index (κ1) is 45.2. The van der Waals surface area contributed by atoms with E-state index >= 15 is 4.79 Å².